The first-order chi connectivity index (χ1) is 7.88. The van der Waals surface area contributed by atoms with E-state index >= 15 is 0 Å². The van der Waals surface area contributed by atoms with Crippen LogP contribution in [0.1, 0.15) is 5.56 Å². The van der Waals surface area contributed by atoms with Crippen molar-refractivity contribution in [3.8, 4) is 0 Å². The van der Waals surface area contributed by atoms with Crippen LogP contribution in [0.2, 0.25) is 0 Å². The lowest BCUT2D eigenvalue weighted by atomic mass is 10.2. The Morgan fingerprint density at radius 1 is 1.47 bits per heavy atom. The van der Waals surface area contributed by atoms with Crippen LogP contribution in [0.15, 0.2) is 28.0 Å². The Morgan fingerprint density at radius 3 is 2.65 bits per heavy atom. The number of benzene rings is 1. The quantitative estimate of drug-likeness (QED) is 0.507. The molecular weight excluding hydrogens is 283 g/mol. The molecule has 8 heteroatoms. The molecule has 1 N–H and O–H groups in total. The molecule has 1 aromatic rings. The van der Waals surface area contributed by atoms with Crippen LogP contribution < -0.4 is 0 Å². The predicted octanol–water partition coefficient (Wildman–Crippen LogP) is 1.85. The molecule has 0 aliphatic heterocycles. The van der Waals surface area contributed by atoms with Gasteiger partial charge in [-0.15, -0.1) is 11.8 Å². The molecule has 0 aliphatic carbocycles. The molecule has 1 unspecified atom stereocenters. The van der Waals surface area contributed by atoms with Gasteiger partial charge < -0.3 is 4.89 Å². The summed E-state index contributed by atoms with van der Waals surface area (Å²) in [5, 5.41) is 0. The number of hydrogen-bond donors (Lipinski definition) is 1. The normalized spacial score (nSPS) is 13.6. The van der Waals surface area contributed by atoms with Gasteiger partial charge in [-0.2, -0.15) is 8.42 Å². The van der Waals surface area contributed by atoms with Crippen molar-refractivity contribution in [3.63, 3.8) is 0 Å². The summed E-state index contributed by atoms with van der Waals surface area (Å²) in [6.45, 7) is 1.65. The van der Waals surface area contributed by atoms with E-state index in [4.69, 9.17) is 4.89 Å². The first-order valence-corrected chi connectivity index (χ1v) is 8.83. The maximum Gasteiger partial charge on any atom is 0.298 e. The molecule has 0 aliphatic rings. The molecule has 0 bridgehead atoms. The lowest BCUT2D eigenvalue weighted by Gasteiger charge is -2.10. The van der Waals surface area contributed by atoms with E-state index in [9.17, 15) is 13.0 Å². The van der Waals surface area contributed by atoms with Gasteiger partial charge in [0.2, 0.25) is 8.03 Å². The van der Waals surface area contributed by atoms with Crippen molar-refractivity contribution >= 4 is 29.9 Å². The minimum absolute atomic E-state index is 0.0655. The van der Waals surface area contributed by atoms with Crippen molar-refractivity contribution in [2.45, 2.75) is 16.7 Å². The Balaban J connectivity index is 3.18. The number of hydrogen-bond acceptors (Lipinski definition) is 5. The van der Waals surface area contributed by atoms with Crippen LogP contribution >= 0.6 is 19.8 Å². The molecule has 5 nitrogen and oxygen atoms in total. The van der Waals surface area contributed by atoms with Crippen molar-refractivity contribution in [1.82, 2.24) is 0 Å². The largest absolute Gasteiger partial charge is 0.345 e. The lowest BCUT2D eigenvalue weighted by molar-refractivity contribution is 0.354. The fraction of sp³-hybridized carbons (Fsp3) is 0.333. The Kier molecular flexibility index (Phi) is 5.22. The van der Waals surface area contributed by atoms with Crippen LogP contribution in [0.3, 0.4) is 0 Å². The second-order valence-corrected chi connectivity index (χ2v) is 6.69. The highest BCUT2D eigenvalue weighted by atomic mass is 32.2. The zero-order valence-electron chi connectivity index (χ0n) is 9.34. The molecule has 0 radical (unpaired) electrons. The minimum Gasteiger partial charge on any atom is -0.345 e. The van der Waals surface area contributed by atoms with E-state index in [0.717, 1.165) is 0 Å². The van der Waals surface area contributed by atoms with Crippen molar-refractivity contribution < 1.29 is 22.1 Å². The summed E-state index contributed by atoms with van der Waals surface area (Å²) < 4.78 is 38.8. The summed E-state index contributed by atoms with van der Waals surface area (Å²) in [6, 6.07) is 5.06. The van der Waals surface area contributed by atoms with E-state index in [1.807, 2.05) is 0 Å². The molecule has 0 saturated heterocycles. The maximum atomic E-state index is 11.9. The fourth-order valence-corrected chi connectivity index (χ4v) is 4.33. The highest BCUT2D eigenvalue weighted by molar-refractivity contribution is 7.99. The summed E-state index contributed by atoms with van der Waals surface area (Å²) in [5.74, 6) is 0. The third-order valence-corrected chi connectivity index (χ3v) is 4.96. The number of rotatable bonds is 5. The maximum absolute atomic E-state index is 11.9. The average molecular weight is 296 g/mol. The Morgan fingerprint density at radius 2 is 2.12 bits per heavy atom. The topological polar surface area (TPSA) is 80.7 Å². The summed E-state index contributed by atoms with van der Waals surface area (Å²) in [4.78, 5) is 9.23. The predicted molar refractivity (Wildman–Crippen MR) is 67.3 cm³/mol. The SMILES string of the molecule is CSc1cccc(C)c1S(=O)(=O)OC[PH](=O)O. The van der Waals surface area contributed by atoms with E-state index in [1.54, 1.807) is 31.4 Å². The van der Waals surface area contributed by atoms with Gasteiger partial charge in [-0.1, -0.05) is 12.1 Å². The molecular formula is C9H13O5PS2. The van der Waals surface area contributed by atoms with Crippen LogP contribution in [0.5, 0.6) is 0 Å². The second kappa shape index (κ2) is 6.02. The Bertz CT molecular complexity index is 526. The van der Waals surface area contributed by atoms with Crippen LogP contribution in [0.25, 0.3) is 0 Å². The minimum atomic E-state index is -3.98. The fourth-order valence-electron chi connectivity index (χ4n) is 1.29. The molecule has 0 aromatic heterocycles. The third-order valence-electron chi connectivity index (χ3n) is 1.98. The molecule has 96 valence electrons. The van der Waals surface area contributed by atoms with Gasteiger partial charge in [0.05, 0.1) is 0 Å². The number of aryl methyl sites for hydroxylation is 1. The van der Waals surface area contributed by atoms with Gasteiger partial charge in [0.1, 0.15) is 11.2 Å². The zero-order chi connectivity index (χ0) is 13.1. The molecule has 0 saturated carbocycles. The molecule has 0 heterocycles. The van der Waals surface area contributed by atoms with Gasteiger partial charge in [0, 0.05) is 4.90 Å². The molecule has 1 aromatic carbocycles. The van der Waals surface area contributed by atoms with Gasteiger partial charge in [0.25, 0.3) is 10.1 Å². The van der Waals surface area contributed by atoms with Crippen molar-refractivity contribution in [3.05, 3.63) is 23.8 Å². The average Bonchev–Trinajstić information content (AvgIpc) is 2.25. The van der Waals surface area contributed by atoms with Crippen LogP contribution in [-0.4, -0.2) is 25.9 Å². The summed E-state index contributed by atoms with van der Waals surface area (Å²) >= 11 is 1.28. The molecule has 1 rings (SSSR count). The highest BCUT2D eigenvalue weighted by Crippen LogP contribution is 2.30. The zero-order valence-corrected chi connectivity index (χ0v) is 12.0. The molecule has 0 fully saturated rings. The summed E-state index contributed by atoms with van der Waals surface area (Å²) in [6.07, 6.45) is 1.07. The summed E-state index contributed by atoms with van der Waals surface area (Å²) in [5.41, 5.74) is 0.550. The van der Waals surface area contributed by atoms with Crippen LogP contribution in [0.4, 0.5) is 0 Å². The van der Waals surface area contributed by atoms with Gasteiger partial charge in [-0.3, -0.25) is 8.75 Å². The summed E-state index contributed by atoms with van der Waals surface area (Å²) in [7, 11) is -6.95. The van der Waals surface area contributed by atoms with E-state index < -0.39 is 24.5 Å². The first-order valence-electron chi connectivity index (χ1n) is 4.63. The van der Waals surface area contributed by atoms with E-state index in [0.29, 0.717) is 10.5 Å². The van der Waals surface area contributed by atoms with Gasteiger partial charge in [-0.05, 0) is 24.8 Å². The van der Waals surface area contributed by atoms with Gasteiger partial charge in [0.15, 0.2) is 0 Å². The van der Waals surface area contributed by atoms with Crippen molar-refractivity contribution in [2.75, 3.05) is 12.6 Å². The third kappa shape index (κ3) is 3.82. The standard InChI is InChI=1S/C9H13O5PS2/c1-7-4-3-5-8(16-2)9(7)17(12,13)14-6-15(10)11/h3-5,15H,6H2,1-2H3,(H,10,11). The monoisotopic (exact) mass is 296 g/mol. The molecule has 0 amide bonds. The molecule has 17 heavy (non-hydrogen) atoms. The van der Waals surface area contributed by atoms with Crippen molar-refractivity contribution in [1.29, 1.82) is 0 Å². The first kappa shape index (κ1) is 14.7. The van der Waals surface area contributed by atoms with E-state index in [2.05, 4.69) is 4.18 Å². The van der Waals surface area contributed by atoms with Crippen LogP contribution in [0, 0.1) is 6.92 Å². The second-order valence-electron chi connectivity index (χ2n) is 3.22. The number of thioether (sulfide) groups is 1. The van der Waals surface area contributed by atoms with Gasteiger partial charge in [-0.25, -0.2) is 0 Å². The molecule has 1 atom stereocenters. The van der Waals surface area contributed by atoms with Gasteiger partial charge >= 0.3 is 0 Å². The Labute approximate surface area is 105 Å². The molecule has 0 spiro atoms. The van der Waals surface area contributed by atoms with E-state index in [-0.39, 0.29) is 4.90 Å². The smallest absolute Gasteiger partial charge is 0.298 e. The van der Waals surface area contributed by atoms with Crippen LogP contribution in [-0.2, 0) is 18.9 Å². The van der Waals surface area contributed by atoms with E-state index in [1.165, 1.54) is 11.8 Å². The van der Waals surface area contributed by atoms with Crippen molar-refractivity contribution in [2.24, 2.45) is 0 Å². The highest BCUT2D eigenvalue weighted by Gasteiger charge is 2.22. The Hall–Kier alpha value is -0.330. The lowest BCUT2D eigenvalue weighted by Crippen LogP contribution is -2.09.